The van der Waals surface area contributed by atoms with Crippen LogP contribution in [0.2, 0.25) is 0 Å². The molecule has 0 radical (unpaired) electrons. The second-order valence-corrected chi connectivity index (χ2v) is 9.30. The van der Waals surface area contributed by atoms with Crippen LogP contribution >= 0.6 is 0 Å². The van der Waals surface area contributed by atoms with Gasteiger partial charge in [-0.1, -0.05) is 25.7 Å². The van der Waals surface area contributed by atoms with Crippen molar-refractivity contribution in [3.8, 4) is 0 Å². The molecule has 0 amide bonds. The molecule has 0 aromatic heterocycles. The monoisotopic (exact) mass is 414 g/mol. The van der Waals surface area contributed by atoms with Crippen LogP contribution in [0.5, 0.6) is 0 Å². The normalized spacial score (nSPS) is 30.4. The van der Waals surface area contributed by atoms with Gasteiger partial charge in [-0.15, -0.1) is 0 Å². The summed E-state index contributed by atoms with van der Waals surface area (Å²) >= 11 is 0. The van der Waals surface area contributed by atoms with Gasteiger partial charge in [0.15, 0.2) is 0 Å². The smallest absolute Gasteiger partial charge is 0.376 e. The maximum absolute atomic E-state index is 12.6. The number of esters is 2. The summed E-state index contributed by atoms with van der Waals surface area (Å²) < 4.78 is 35.7. The summed E-state index contributed by atoms with van der Waals surface area (Å²) in [6, 6.07) is 0. The second-order valence-electron chi connectivity index (χ2n) is 9.30. The van der Waals surface area contributed by atoms with Crippen LogP contribution in [0.1, 0.15) is 84.0 Å². The summed E-state index contributed by atoms with van der Waals surface area (Å²) in [5.74, 6) is -3.90. The molecule has 5 nitrogen and oxygen atoms in total. The maximum atomic E-state index is 12.6. The van der Waals surface area contributed by atoms with Crippen molar-refractivity contribution in [2.45, 2.75) is 95.5 Å². The van der Waals surface area contributed by atoms with Gasteiger partial charge in [0.25, 0.3) is 0 Å². The number of Topliss-reactive ketones (excluding diaryl/α,β-unsaturated/α-hetero) is 1. The van der Waals surface area contributed by atoms with E-state index in [4.69, 9.17) is 4.74 Å². The van der Waals surface area contributed by atoms with Gasteiger partial charge in [-0.3, -0.25) is 9.59 Å². The molecule has 4 rings (SSSR count). The zero-order chi connectivity index (χ0) is 21.1. The van der Waals surface area contributed by atoms with Crippen molar-refractivity contribution < 1.29 is 32.6 Å². The number of unbranched alkanes of at least 4 members (excludes halogenated alkanes) is 5. The Balaban J connectivity index is 1.23. The lowest BCUT2D eigenvalue weighted by molar-refractivity contribution is -0.189. The third-order valence-corrected chi connectivity index (χ3v) is 6.64. The van der Waals surface area contributed by atoms with Crippen molar-refractivity contribution in [3.63, 3.8) is 0 Å². The molecule has 0 spiro atoms. The van der Waals surface area contributed by atoms with Crippen molar-refractivity contribution in [1.29, 1.82) is 0 Å². The minimum Gasteiger partial charge on any atom is -0.461 e. The Hall–Kier alpha value is -1.53. The first-order valence-electron chi connectivity index (χ1n) is 11.0. The third-order valence-electron chi connectivity index (χ3n) is 6.64. The van der Waals surface area contributed by atoms with E-state index in [2.05, 4.69) is 4.74 Å². The first-order valence-corrected chi connectivity index (χ1v) is 11.0. The van der Waals surface area contributed by atoms with Crippen LogP contribution in [0.3, 0.4) is 0 Å². The van der Waals surface area contributed by atoms with E-state index in [-0.39, 0.29) is 30.0 Å². The van der Waals surface area contributed by atoms with E-state index in [1.54, 1.807) is 0 Å². The van der Waals surface area contributed by atoms with Crippen LogP contribution in [0.4, 0.5) is 8.78 Å². The van der Waals surface area contributed by atoms with Crippen LogP contribution < -0.4 is 0 Å². The Morgan fingerprint density at radius 2 is 1.59 bits per heavy atom. The van der Waals surface area contributed by atoms with E-state index in [1.807, 2.05) is 0 Å². The number of alkyl halides is 2. The van der Waals surface area contributed by atoms with Crippen LogP contribution in [-0.2, 0) is 23.9 Å². The fourth-order valence-corrected chi connectivity index (χ4v) is 5.46. The van der Waals surface area contributed by atoms with E-state index in [0.29, 0.717) is 31.5 Å². The summed E-state index contributed by atoms with van der Waals surface area (Å²) in [6.07, 6.45) is 9.61. The number of ketones is 1. The number of hydrogen-bond donors (Lipinski definition) is 0. The number of ether oxygens (including phenoxy) is 2. The highest BCUT2D eigenvalue weighted by Gasteiger charge is 2.57. The van der Waals surface area contributed by atoms with Gasteiger partial charge < -0.3 is 9.47 Å². The molecule has 0 aliphatic heterocycles. The van der Waals surface area contributed by atoms with Gasteiger partial charge in [0, 0.05) is 25.2 Å². The van der Waals surface area contributed by atoms with Crippen molar-refractivity contribution >= 4 is 17.7 Å². The summed E-state index contributed by atoms with van der Waals surface area (Å²) in [7, 11) is 0. The van der Waals surface area contributed by atoms with Gasteiger partial charge in [-0.25, -0.2) is 4.79 Å². The lowest BCUT2D eigenvalue weighted by Crippen LogP contribution is -2.56. The highest BCUT2D eigenvalue weighted by Crippen LogP contribution is 2.55. The lowest BCUT2D eigenvalue weighted by Gasteiger charge is -2.54. The molecule has 0 aromatic carbocycles. The topological polar surface area (TPSA) is 69.7 Å². The van der Waals surface area contributed by atoms with E-state index in [9.17, 15) is 23.2 Å². The predicted octanol–water partition coefficient (Wildman–Crippen LogP) is 4.61. The van der Waals surface area contributed by atoms with Crippen molar-refractivity contribution in [2.24, 2.45) is 17.8 Å². The average Bonchev–Trinajstić information content (AvgIpc) is 2.62. The van der Waals surface area contributed by atoms with Gasteiger partial charge in [-0.05, 0) is 50.9 Å². The molecular weight excluding hydrogens is 382 g/mol. The number of carbonyl (C=O) groups is 3. The van der Waals surface area contributed by atoms with Crippen LogP contribution in [0, 0.1) is 17.8 Å². The Morgan fingerprint density at radius 3 is 2.21 bits per heavy atom. The molecule has 0 saturated heterocycles. The number of rotatable bonds is 11. The van der Waals surface area contributed by atoms with Crippen LogP contribution in [0.15, 0.2) is 0 Å². The molecule has 0 aromatic rings. The molecule has 29 heavy (non-hydrogen) atoms. The SMILES string of the molecule is CC(F)(F)C(=O)OCCCCCCCCC(=O)OC12CC3CC(C1)C(=O)C(C3)C2. The molecule has 2 atom stereocenters. The summed E-state index contributed by atoms with van der Waals surface area (Å²) in [5, 5.41) is 0. The lowest BCUT2D eigenvalue weighted by atomic mass is 9.53. The Bertz CT molecular complexity index is 609. The fraction of sp³-hybridized carbons (Fsp3) is 0.864. The average molecular weight is 414 g/mol. The molecular formula is C22H32F2O5. The quantitative estimate of drug-likeness (QED) is 0.365. The van der Waals surface area contributed by atoms with Crippen LogP contribution in [0.25, 0.3) is 0 Å². The van der Waals surface area contributed by atoms with Crippen molar-refractivity contribution in [1.82, 2.24) is 0 Å². The molecule has 2 unspecified atom stereocenters. The van der Waals surface area contributed by atoms with E-state index in [1.165, 1.54) is 0 Å². The minimum atomic E-state index is -3.43. The standard InChI is InChI=1S/C22H32F2O5/c1-21(23,24)20(27)28-9-7-5-3-2-4-6-8-18(25)29-22-12-15-10-16(13-22)19(26)17(11-15)14-22/h15-17H,2-14H2,1H3. The Morgan fingerprint density at radius 1 is 1.00 bits per heavy atom. The fourth-order valence-electron chi connectivity index (χ4n) is 5.46. The van der Waals surface area contributed by atoms with Gasteiger partial charge >= 0.3 is 17.9 Å². The zero-order valence-electron chi connectivity index (χ0n) is 17.2. The zero-order valence-corrected chi connectivity index (χ0v) is 17.2. The predicted molar refractivity (Wildman–Crippen MR) is 101 cm³/mol. The maximum Gasteiger partial charge on any atom is 0.376 e. The molecule has 4 aliphatic carbocycles. The third kappa shape index (κ3) is 5.76. The summed E-state index contributed by atoms with van der Waals surface area (Å²) in [4.78, 5) is 35.4. The molecule has 164 valence electrons. The summed E-state index contributed by atoms with van der Waals surface area (Å²) in [6.45, 7) is 0.547. The number of hydrogen-bond acceptors (Lipinski definition) is 5. The van der Waals surface area contributed by atoms with E-state index >= 15 is 0 Å². The van der Waals surface area contributed by atoms with Gasteiger partial charge in [0.2, 0.25) is 0 Å². The molecule has 7 heteroatoms. The Kier molecular flexibility index (Phi) is 6.94. The first-order chi connectivity index (χ1) is 13.7. The summed E-state index contributed by atoms with van der Waals surface area (Å²) in [5.41, 5.74) is -0.381. The molecule has 0 heterocycles. The minimum absolute atomic E-state index is 0.0160. The van der Waals surface area contributed by atoms with Crippen molar-refractivity contribution in [2.75, 3.05) is 6.61 Å². The molecule has 4 fully saturated rings. The van der Waals surface area contributed by atoms with Crippen molar-refractivity contribution in [3.05, 3.63) is 0 Å². The molecule has 0 N–H and O–H groups in total. The van der Waals surface area contributed by atoms with E-state index in [0.717, 1.165) is 64.2 Å². The second kappa shape index (κ2) is 9.09. The highest BCUT2D eigenvalue weighted by atomic mass is 19.3. The van der Waals surface area contributed by atoms with E-state index < -0.39 is 11.9 Å². The molecule has 4 aliphatic rings. The first kappa shape index (κ1) is 22.2. The van der Waals surface area contributed by atoms with Crippen LogP contribution in [-0.4, -0.2) is 35.9 Å². The largest absolute Gasteiger partial charge is 0.461 e. The van der Waals surface area contributed by atoms with Gasteiger partial charge in [-0.2, -0.15) is 8.78 Å². The number of halogens is 2. The van der Waals surface area contributed by atoms with Gasteiger partial charge in [0.1, 0.15) is 11.4 Å². The Labute approximate surface area is 170 Å². The molecule has 4 bridgehead atoms. The number of carbonyl (C=O) groups excluding carboxylic acids is 3. The van der Waals surface area contributed by atoms with Gasteiger partial charge in [0.05, 0.1) is 6.61 Å². The highest BCUT2D eigenvalue weighted by molar-refractivity contribution is 5.86. The molecule has 4 saturated carbocycles.